The van der Waals surface area contributed by atoms with Gasteiger partial charge in [0.25, 0.3) is 0 Å². The zero-order valence-electron chi connectivity index (χ0n) is 13.9. The van der Waals surface area contributed by atoms with E-state index in [1.54, 1.807) is 25.1 Å². The van der Waals surface area contributed by atoms with E-state index >= 15 is 0 Å². The van der Waals surface area contributed by atoms with Crippen molar-refractivity contribution < 1.29 is 19.4 Å². The predicted molar refractivity (Wildman–Crippen MR) is 95.6 cm³/mol. The second kappa shape index (κ2) is 7.76. The number of nitrogens with one attached hydrogen (secondary N) is 1. The predicted octanol–water partition coefficient (Wildman–Crippen LogP) is 4.05. The number of benzene rings is 2. The van der Waals surface area contributed by atoms with Crippen LogP contribution in [0.4, 0.5) is 4.79 Å². The average molecular weight is 362 g/mol. The van der Waals surface area contributed by atoms with Crippen molar-refractivity contribution in [3.8, 4) is 11.5 Å². The maximum Gasteiger partial charge on any atom is 0.407 e. The second-order valence-corrected chi connectivity index (χ2v) is 6.26. The quantitative estimate of drug-likeness (QED) is 0.862. The third kappa shape index (κ3) is 3.72. The van der Waals surface area contributed by atoms with Crippen LogP contribution in [0.1, 0.15) is 29.9 Å². The molecule has 0 bridgehead atoms. The fourth-order valence-electron chi connectivity index (χ4n) is 3.19. The van der Waals surface area contributed by atoms with Crippen LogP contribution in [-0.2, 0) is 4.74 Å². The Hall–Kier alpha value is -2.24. The molecule has 0 aromatic heterocycles. The molecular weight excluding hydrogens is 342 g/mol. The van der Waals surface area contributed by atoms with Crippen molar-refractivity contribution in [1.82, 2.24) is 5.32 Å². The fraction of sp³-hybridized carbons (Fsp3) is 0.316. The number of hydrogen-bond donors (Lipinski definition) is 2. The first-order valence-corrected chi connectivity index (χ1v) is 8.59. The summed E-state index contributed by atoms with van der Waals surface area (Å²) in [6.45, 7) is 2.28. The number of carbonyl (C=O) groups excluding carboxylic acids is 1. The van der Waals surface area contributed by atoms with Gasteiger partial charge in [0.05, 0.1) is 13.2 Å². The van der Waals surface area contributed by atoms with Gasteiger partial charge in [0.15, 0.2) is 0 Å². The van der Waals surface area contributed by atoms with E-state index in [-0.39, 0.29) is 18.4 Å². The molecule has 2 atom stereocenters. The lowest BCUT2D eigenvalue weighted by atomic mass is 9.82. The molecular formula is C19H20ClNO4. The van der Waals surface area contributed by atoms with Crippen molar-refractivity contribution in [2.75, 3.05) is 19.8 Å². The first-order chi connectivity index (χ1) is 12.1. The molecule has 0 fully saturated rings. The Morgan fingerprint density at radius 2 is 1.96 bits per heavy atom. The minimum absolute atomic E-state index is 0.0970. The highest BCUT2D eigenvalue weighted by Gasteiger charge is 2.32. The molecule has 0 saturated heterocycles. The van der Waals surface area contributed by atoms with Crippen molar-refractivity contribution in [3.63, 3.8) is 0 Å². The van der Waals surface area contributed by atoms with Crippen LogP contribution >= 0.6 is 11.6 Å². The standard InChI is InChI=1S/C19H20ClNO4/c1-2-24-19(23)21-10-15-13-5-3-4-6-17(13)25-18-8-7-12(20)9-14(18)16(15)11-22/h3-9,15-16,22H,2,10-11H2,1H3,(H,21,23)/t15-,16-/m1/s1. The smallest absolute Gasteiger partial charge is 0.407 e. The lowest BCUT2D eigenvalue weighted by Gasteiger charge is -2.25. The van der Waals surface area contributed by atoms with E-state index in [0.29, 0.717) is 29.7 Å². The molecule has 2 aromatic carbocycles. The van der Waals surface area contributed by atoms with E-state index in [2.05, 4.69) is 5.32 Å². The monoisotopic (exact) mass is 361 g/mol. The number of halogens is 1. The van der Waals surface area contributed by atoms with Crippen LogP contribution < -0.4 is 10.1 Å². The Morgan fingerprint density at radius 1 is 1.20 bits per heavy atom. The van der Waals surface area contributed by atoms with Gasteiger partial charge < -0.3 is 19.9 Å². The highest BCUT2D eigenvalue weighted by Crippen LogP contribution is 2.46. The first-order valence-electron chi connectivity index (χ1n) is 8.21. The lowest BCUT2D eigenvalue weighted by molar-refractivity contribution is 0.150. The minimum Gasteiger partial charge on any atom is -0.457 e. The number of ether oxygens (including phenoxy) is 2. The van der Waals surface area contributed by atoms with Gasteiger partial charge in [0.2, 0.25) is 0 Å². The Balaban J connectivity index is 2.01. The molecule has 0 aliphatic carbocycles. The minimum atomic E-state index is -0.479. The first kappa shape index (κ1) is 17.6. The third-order valence-electron chi connectivity index (χ3n) is 4.33. The zero-order valence-corrected chi connectivity index (χ0v) is 14.6. The molecule has 1 aliphatic heterocycles. The van der Waals surface area contributed by atoms with Gasteiger partial charge in [0.1, 0.15) is 11.5 Å². The average Bonchev–Trinajstić information content (AvgIpc) is 2.74. The van der Waals surface area contributed by atoms with E-state index in [9.17, 15) is 9.90 Å². The summed E-state index contributed by atoms with van der Waals surface area (Å²) in [7, 11) is 0. The lowest BCUT2D eigenvalue weighted by Crippen LogP contribution is -2.32. The molecule has 1 heterocycles. The molecule has 6 heteroatoms. The number of aliphatic hydroxyl groups excluding tert-OH is 1. The Labute approximate surface area is 151 Å². The highest BCUT2D eigenvalue weighted by atomic mass is 35.5. The van der Waals surface area contributed by atoms with Gasteiger partial charge in [-0.2, -0.15) is 0 Å². The number of aliphatic hydroxyl groups is 1. The number of alkyl carbamates (subject to hydrolysis) is 1. The van der Waals surface area contributed by atoms with Crippen LogP contribution in [0, 0.1) is 0 Å². The Bertz CT molecular complexity index is 765. The Morgan fingerprint density at radius 3 is 2.72 bits per heavy atom. The molecule has 2 aromatic rings. The van der Waals surface area contributed by atoms with Crippen LogP contribution in [0.3, 0.4) is 0 Å². The SMILES string of the molecule is CCOC(=O)NC[C@@H]1c2ccccc2Oc2ccc(Cl)cc2[C@H]1CO. The number of fused-ring (bicyclic) bond motifs is 2. The molecule has 1 amide bonds. The largest absolute Gasteiger partial charge is 0.457 e. The van der Waals surface area contributed by atoms with E-state index in [4.69, 9.17) is 21.1 Å². The van der Waals surface area contributed by atoms with E-state index < -0.39 is 6.09 Å². The van der Waals surface area contributed by atoms with Gasteiger partial charge in [-0.3, -0.25) is 0 Å². The van der Waals surface area contributed by atoms with Gasteiger partial charge >= 0.3 is 6.09 Å². The van der Waals surface area contributed by atoms with Gasteiger partial charge in [0, 0.05) is 34.5 Å². The summed E-state index contributed by atoms with van der Waals surface area (Å²) in [5, 5.41) is 13.4. The fourth-order valence-corrected chi connectivity index (χ4v) is 3.37. The summed E-state index contributed by atoms with van der Waals surface area (Å²) >= 11 is 6.15. The number of para-hydroxylation sites is 1. The van der Waals surface area contributed by atoms with Gasteiger partial charge in [-0.25, -0.2) is 4.79 Å². The third-order valence-corrected chi connectivity index (χ3v) is 4.57. The molecule has 0 unspecified atom stereocenters. The number of hydrogen-bond acceptors (Lipinski definition) is 4. The summed E-state index contributed by atoms with van der Waals surface area (Å²) in [5.74, 6) is 0.928. The summed E-state index contributed by atoms with van der Waals surface area (Å²) < 4.78 is 11.0. The van der Waals surface area contributed by atoms with Gasteiger partial charge in [-0.05, 0) is 31.2 Å². The maximum atomic E-state index is 11.7. The van der Waals surface area contributed by atoms with E-state index in [1.165, 1.54) is 0 Å². The molecule has 3 rings (SSSR count). The van der Waals surface area contributed by atoms with Crippen LogP contribution in [0.15, 0.2) is 42.5 Å². The molecule has 0 saturated carbocycles. The molecule has 25 heavy (non-hydrogen) atoms. The van der Waals surface area contributed by atoms with E-state index in [1.807, 2.05) is 24.3 Å². The summed E-state index contributed by atoms with van der Waals surface area (Å²) in [6.07, 6.45) is -0.479. The molecule has 132 valence electrons. The topological polar surface area (TPSA) is 67.8 Å². The van der Waals surface area contributed by atoms with Crippen molar-refractivity contribution in [2.24, 2.45) is 0 Å². The second-order valence-electron chi connectivity index (χ2n) is 5.82. The van der Waals surface area contributed by atoms with Crippen LogP contribution in [0.5, 0.6) is 11.5 Å². The highest BCUT2D eigenvalue weighted by molar-refractivity contribution is 6.30. The molecule has 0 radical (unpaired) electrons. The van der Waals surface area contributed by atoms with Crippen LogP contribution in [-0.4, -0.2) is 31.0 Å². The Kier molecular flexibility index (Phi) is 5.46. The summed E-state index contributed by atoms with van der Waals surface area (Å²) in [5.41, 5.74) is 1.74. The molecule has 2 N–H and O–H groups in total. The maximum absolute atomic E-state index is 11.7. The van der Waals surface area contributed by atoms with Crippen LogP contribution in [0.25, 0.3) is 0 Å². The number of carbonyl (C=O) groups is 1. The number of rotatable bonds is 4. The van der Waals surface area contributed by atoms with Crippen LogP contribution in [0.2, 0.25) is 5.02 Å². The van der Waals surface area contributed by atoms with Crippen molar-refractivity contribution in [3.05, 3.63) is 58.6 Å². The summed E-state index contributed by atoms with van der Waals surface area (Å²) in [6, 6.07) is 13.0. The van der Waals surface area contributed by atoms with Crippen molar-refractivity contribution in [1.29, 1.82) is 0 Å². The number of amides is 1. The molecule has 0 spiro atoms. The molecule has 1 aliphatic rings. The zero-order chi connectivity index (χ0) is 17.8. The normalized spacial score (nSPS) is 18.4. The van der Waals surface area contributed by atoms with Crippen molar-refractivity contribution in [2.45, 2.75) is 18.8 Å². The van der Waals surface area contributed by atoms with E-state index in [0.717, 1.165) is 11.1 Å². The van der Waals surface area contributed by atoms with Crippen molar-refractivity contribution >= 4 is 17.7 Å². The summed E-state index contributed by atoms with van der Waals surface area (Å²) in [4.78, 5) is 11.7. The van der Waals surface area contributed by atoms with Gasteiger partial charge in [-0.15, -0.1) is 0 Å². The molecule has 5 nitrogen and oxygen atoms in total. The van der Waals surface area contributed by atoms with Gasteiger partial charge in [-0.1, -0.05) is 29.8 Å².